The first-order valence-corrected chi connectivity index (χ1v) is 4.48. The molecule has 0 aliphatic rings. The van der Waals surface area contributed by atoms with Crippen LogP contribution in [0.4, 0.5) is 0 Å². The minimum Gasteiger partial charge on any atom is -0.462 e. The molecule has 0 unspecified atom stereocenters. The summed E-state index contributed by atoms with van der Waals surface area (Å²) in [6.45, 7) is 3.68. The maximum Gasteiger partial charge on any atom is 0.362 e. The summed E-state index contributed by atoms with van der Waals surface area (Å²) in [5.41, 5.74) is 0.692. The van der Waals surface area contributed by atoms with Crippen LogP contribution in [0.15, 0.2) is 4.79 Å². The molecule has 0 aromatic carbocycles. The standard InChI is InChI=1S/C8H10N4O3/c1-3-15-7(13)5-4(2)11-12-6(5)9-10-8(12)14/h11H,3H2,1-2H3,(H,10,14). The zero-order chi connectivity index (χ0) is 11.0. The van der Waals surface area contributed by atoms with Crippen molar-refractivity contribution in [1.82, 2.24) is 19.8 Å². The number of carbonyl (C=O) groups is 1. The number of rotatable bonds is 2. The van der Waals surface area contributed by atoms with Crippen molar-refractivity contribution in [3.8, 4) is 0 Å². The second-order valence-corrected chi connectivity index (χ2v) is 3.02. The van der Waals surface area contributed by atoms with Crippen molar-refractivity contribution in [1.29, 1.82) is 0 Å². The van der Waals surface area contributed by atoms with Crippen LogP contribution in [-0.4, -0.2) is 32.4 Å². The van der Waals surface area contributed by atoms with Gasteiger partial charge in [0.25, 0.3) is 0 Å². The molecule has 2 aromatic rings. The fourth-order valence-corrected chi connectivity index (χ4v) is 1.41. The molecule has 2 N–H and O–H groups in total. The molecule has 15 heavy (non-hydrogen) atoms. The van der Waals surface area contributed by atoms with Crippen LogP contribution in [0.1, 0.15) is 23.0 Å². The zero-order valence-corrected chi connectivity index (χ0v) is 8.33. The van der Waals surface area contributed by atoms with Gasteiger partial charge < -0.3 is 4.74 Å². The Morgan fingerprint density at radius 2 is 2.33 bits per heavy atom. The number of aromatic nitrogens is 4. The van der Waals surface area contributed by atoms with Gasteiger partial charge in [-0.3, -0.25) is 5.10 Å². The van der Waals surface area contributed by atoms with Gasteiger partial charge in [-0.05, 0) is 13.8 Å². The number of nitrogens with one attached hydrogen (secondary N) is 2. The van der Waals surface area contributed by atoms with E-state index in [9.17, 15) is 9.59 Å². The van der Waals surface area contributed by atoms with Crippen LogP contribution in [0.2, 0.25) is 0 Å². The number of H-pyrrole nitrogens is 2. The van der Waals surface area contributed by atoms with Crippen LogP contribution in [0, 0.1) is 6.92 Å². The Hall–Kier alpha value is -2.05. The first-order chi connectivity index (χ1) is 7.15. The van der Waals surface area contributed by atoms with Gasteiger partial charge in [-0.15, -0.1) is 0 Å². The van der Waals surface area contributed by atoms with E-state index in [-0.39, 0.29) is 17.8 Å². The summed E-state index contributed by atoms with van der Waals surface area (Å²) >= 11 is 0. The molecule has 0 atom stereocenters. The fraction of sp³-hybridized carbons (Fsp3) is 0.375. The summed E-state index contributed by atoms with van der Waals surface area (Å²) in [6.07, 6.45) is 0. The molecule has 0 bridgehead atoms. The number of carbonyl (C=O) groups excluding carboxylic acids is 1. The Kier molecular flexibility index (Phi) is 2.07. The van der Waals surface area contributed by atoms with E-state index in [2.05, 4.69) is 15.3 Å². The lowest BCUT2D eigenvalue weighted by Gasteiger charge is -1.98. The van der Waals surface area contributed by atoms with Crippen LogP contribution >= 0.6 is 0 Å². The van der Waals surface area contributed by atoms with Crippen LogP contribution in [0.3, 0.4) is 0 Å². The molecular weight excluding hydrogens is 200 g/mol. The van der Waals surface area contributed by atoms with Crippen molar-refractivity contribution in [2.24, 2.45) is 0 Å². The topological polar surface area (TPSA) is 92.2 Å². The van der Waals surface area contributed by atoms with Gasteiger partial charge in [-0.25, -0.2) is 14.7 Å². The molecule has 0 aliphatic carbocycles. The lowest BCUT2D eigenvalue weighted by molar-refractivity contribution is 0.0527. The Labute approximate surface area is 84.0 Å². The third kappa shape index (κ3) is 1.32. The second-order valence-electron chi connectivity index (χ2n) is 3.02. The number of hydrogen-bond acceptors (Lipinski definition) is 4. The predicted molar refractivity (Wildman–Crippen MR) is 50.9 cm³/mol. The van der Waals surface area contributed by atoms with Crippen LogP contribution in [0.25, 0.3) is 5.65 Å². The quantitative estimate of drug-likeness (QED) is 0.673. The maximum atomic E-state index is 11.5. The summed E-state index contributed by atoms with van der Waals surface area (Å²) in [7, 11) is 0. The molecule has 0 saturated heterocycles. The number of ether oxygens (including phenoxy) is 1. The minimum atomic E-state index is -0.486. The summed E-state index contributed by atoms with van der Waals surface area (Å²) in [5, 5.41) is 8.70. The van der Waals surface area contributed by atoms with E-state index in [1.54, 1.807) is 13.8 Å². The highest BCUT2D eigenvalue weighted by atomic mass is 16.5. The smallest absolute Gasteiger partial charge is 0.362 e. The number of nitrogens with zero attached hydrogens (tertiary/aromatic N) is 2. The average molecular weight is 210 g/mol. The number of aryl methyl sites for hydroxylation is 1. The van der Waals surface area contributed by atoms with Gasteiger partial charge in [0.1, 0.15) is 5.56 Å². The number of fused-ring (bicyclic) bond motifs is 1. The van der Waals surface area contributed by atoms with Crippen LogP contribution in [0.5, 0.6) is 0 Å². The van der Waals surface area contributed by atoms with Gasteiger partial charge in [0, 0.05) is 5.69 Å². The van der Waals surface area contributed by atoms with Gasteiger partial charge in [-0.2, -0.15) is 9.61 Å². The zero-order valence-electron chi connectivity index (χ0n) is 8.33. The summed E-state index contributed by atoms with van der Waals surface area (Å²) < 4.78 is 6.02. The van der Waals surface area contributed by atoms with Crippen molar-refractivity contribution in [2.45, 2.75) is 13.8 Å². The maximum absolute atomic E-state index is 11.5. The van der Waals surface area contributed by atoms with Crippen molar-refractivity contribution >= 4 is 11.6 Å². The van der Waals surface area contributed by atoms with Crippen molar-refractivity contribution in [3.05, 3.63) is 21.7 Å². The summed E-state index contributed by atoms with van der Waals surface area (Å²) in [5.74, 6) is -0.486. The molecule has 0 aliphatic heterocycles. The molecule has 7 nitrogen and oxygen atoms in total. The molecule has 2 heterocycles. The highest BCUT2D eigenvalue weighted by molar-refractivity contribution is 5.97. The third-order valence-corrected chi connectivity index (χ3v) is 2.03. The van der Waals surface area contributed by atoms with Crippen molar-refractivity contribution in [2.75, 3.05) is 6.61 Å². The van der Waals surface area contributed by atoms with E-state index < -0.39 is 11.7 Å². The average Bonchev–Trinajstić information content (AvgIpc) is 2.67. The Bertz CT molecular complexity index is 562. The van der Waals surface area contributed by atoms with E-state index >= 15 is 0 Å². The van der Waals surface area contributed by atoms with Gasteiger partial charge in [0.15, 0.2) is 5.65 Å². The summed E-state index contributed by atoms with van der Waals surface area (Å²) in [6, 6.07) is 0. The highest BCUT2D eigenvalue weighted by Gasteiger charge is 2.20. The fourth-order valence-electron chi connectivity index (χ4n) is 1.41. The highest BCUT2D eigenvalue weighted by Crippen LogP contribution is 2.12. The van der Waals surface area contributed by atoms with Gasteiger partial charge >= 0.3 is 11.7 Å². The SMILES string of the molecule is CCOC(=O)c1c(C)[nH]n2c(=O)[nH]nc12. The van der Waals surface area contributed by atoms with Crippen molar-refractivity contribution < 1.29 is 9.53 Å². The second kappa shape index (κ2) is 3.26. The lowest BCUT2D eigenvalue weighted by atomic mass is 10.2. The van der Waals surface area contributed by atoms with Gasteiger partial charge in [-0.1, -0.05) is 0 Å². The van der Waals surface area contributed by atoms with Gasteiger partial charge in [0.05, 0.1) is 6.61 Å². The lowest BCUT2D eigenvalue weighted by Crippen LogP contribution is -2.09. The van der Waals surface area contributed by atoms with E-state index in [0.717, 1.165) is 0 Å². The van der Waals surface area contributed by atoms with Gasteiger partial charge in [0.2, 0.25) is 0 Å². The largest absolute Gasteiger partial charge is 0.462 e. The molecule has 0 radical (unpaired) electrons. The predicted octanol–water partition coefficient (Wildman–Crippen LogP) is -0.164. The first-order valence-electron chi connectivity index (χ1n) is 4.48. The first kappa shape index (κ1) is 9.50. The molecule has 0 saturated carbocycles. The Balaban J connectivity index is 2.63. The number of aromatic amines is 2. The van der Waals surface area contributed by atoms with Crippen LogP contribution in [-0.2, 0) is 4.74 Å². The molecule has 2 aromatic heterocycles. The molecule has 80 valence electrons. The Morgan fingerprint density at radius 3 is 3.00 bits per heavy atom. The normalized spacial score (nSPS) is 10.8. The molecule has 7 heteroatoms. The number of esters is 1. The minimum absolute atomic E-state index is 0.260. The van der Waals surface area contributed by atoms with E-state index in [0.29, 0.717) is 5.69 Å². The molecule has 0 spiro atoms. The molecule has 0 fully saturated rings. The third-order valence-electron chi connectivity index (χ3n) is 2.03. The van der Waals surface area contributed by atoms with Crippen molar-refractivity contribution in [3.63, 3.8) is 0 Å². The van der Waals surface area contributed by atoms with E-state index in [1.807, 2.05) is 0 Å². The molecule has 2 rings (SSSR count). The van der Waals surface area contributed by atoms with Crippen LogP contribution < -0.4 is 5.69 Å². The number of hydrogen-bond donors (Lipinski definition) is 2. The molecule has 0 amide bonds. The van der Waals surface area contributed by atoms with E-state index in [4.69, 9.17) is 4.74 Å². The Morgan fingerprint density at radius 1 is 1.60 bits per heavy atom. The summed E-state index contributed by atoms with van der Waals surface area (Å²) in [4.78, 5) is 22.7. The van der Waals surface area contributed by atoms with E-state index in [1.165, 1.54) is 4.52 Å². The monoisotopic (exact) mass is 210 g/mol. The molecular formula is C8H10N4O3.